The molecule has 0 fully saturated rings. The van der Waals surface area contributed by atoms with E-state index in [1.807, 2.05) is 0 Å². The van der Waals surface area contributed by atoms with Gasteiger partial charge in [0.25, 0.3) is 5.91 Å². The lowest BCUT2D eigenvalue weighted by molar-refractivity contribution is 0.0935. The Labute approximate surface area is 87.2 Å². The van der Waals surface area contributed by atoms with Gasteiger partial charge in [-0.3, -0.25) is 10.2 Å². The van der Waals surface area contributed by atoms with Crippen LogP contribution < -0.4 is 15.6 Å². The molecular weight excluding hydrogens is 204 g/mol. The maximum atomic E-state index is 11.5. The fourth-order valence-corrected chi connectivity index (χ4v) is 1.21. The highest BCUT2D eigenvalue weighted by molar-refractivity contribution is 6.31. The maximum absolute atomic E-state index is 11.5. The standard InChI is InChI=1S/C9H11ClN2O2/c1-11-12-9(13)7-5-6(10)3-4-8(7)14-2/h3-5,11H,1-2H3,(H,12,13). The molecule has 1 amide bonds. The van der Waals surface area contributed by atoms with Gasteiger partial charge in [0.1, 0.15) is 5.75 Å². The fraction of sp³-hybridized carbons (Fsp3) is 0.222. The number of amides is 1. The second-order valence-electron chi connectivity index (χ2n) is 2.55. The SMILES string of the molecule is CNNC(=O)c1cc(Cl)ccc1OC. The van der Waals surface area contributed by atoms with Crippen LogP contribution in [0.15, 0.2) is 18.2 Å². The van der Waals surface area contributed by atoms with Crippen molar-refractivity contribution >= 4 is 17.5 Å². The van der Waals surface area contributed by atoms with Crippen molar-refractivity contribution in [2.45, 2.75) is 0 Å². The molecule has 0 atom stereocenters. The van der Waals surface area contributed by atoms with Crippen molar-refractivity contribution in [1.29, 1.82) is 0 Å². The van der Waals surface area contributed by atoms with E-state index in [9.17, 15) is 4.79 Å². The normalized spacial score (nSPS) is 9.64. The van der Waals surface area contributed by atoms with Crippen LogP contribution in [0.2, 0.25) is 5.02 Å². The molecule has 1 rings (SSSR count). The molecule has 1 aromatic carbocycles. The molecule has 76 valence electrons. The third-order valence-electron chi connectivity index (χ3n) is 1.64. The smallest absolute Gasteiger partial charge is 0.269 e. The summed E-state index contributed by atoms with van der Waals surface area (Å²) in [5.41, 5.74) is 5.37. The number of nitrogens with one attached hydrogen (secondary N) is 2. The number of hydrogen-bond donors (Lipinski definition) is 2. The largest absolute Gasteiger partial charge is 0.496 e. The highest BCUT2D eigenvalue weighted by Gasteiger charge is 2.11. The quantitative estimate of drug-likeness (QED) is 0.744. The van der Waals surface area contributed by atoms with Gasteiger partial charge >= 0.3 is 0 Å². The third-order valence-corrected chi connectivity index (χ3v) is 1.88. The van der Waals surface area contributed by atoms with Crippen LogP contribution in [0.5, 0.6) is 5.75 Å². The number of methoxy groups -OCH3 is 1. The molecule has 0 saturated heterocycles. The molecule has 4 nitrogen and oxygen atoms in total. The average molecular weight is 215 g/mol. The number of hydrazine groups is 1. The molecule has 0 spiro atoms. The fourth-order valence-electron chi connectivity index (χ4n) is 1.04. The van der Waals surface area contributed by atoms with Gasteiger partial charge in [-0.05, 0) is 18.2 Å². The number of hydrogen-bond acceptors (Lipinski definition) is 3. The zero-order valence-corrected chi connectivity index (χ0v) is 8.68. The Morgan fingerprint density at radius 2 is 2.21 bits per heavy atom. The number of benzene rings is 1. The van der Waals surface area contributed by atoms with Gasteiger partial charge in [0.05, 0.1) is 12.7 Å². The minimum Gasteiger partial charge on any atom is -0.496 e. The van der Waals surface area contributed by atoms with Crippen molar-refractivity contribution in [2.75, 3.05) is 14.2 Å². The number of carbonyl (C=O) groups excluding carboxylic acids is 1. The van der Waals surface area contributed by atoms with Crippen molar-refractivity contribution in [1.82, 2.24) is 10.9 Å². The lowest BCUT2D eigenvalue weighted by atomic mass is 10.2. The van der Waals surface area contributed by atoms with E-state index in [0.29, 0.717) is 16.3 Å². The van der Waals surface area contributed by atoms with Crippen molar-refractivity contribution < 1.29 is 9.53 Å². The summed E-state index contributed by atoms with van der Waals surface area (Å²) in [4.78, 5) is 11.5. The lowest BCUT2D eigenvalue weighted by Crippen LogP contribution is -2.34. The summed E-state index contributed by atoms with van der Waals surface area (Å²) < 4.78 is 5.02. The summed E-state index contributed by atoms with van der Waals surface area (Å²) in [7, 11) is 3.11. The molecule has 0 radical (unpaired) electrons. The van der Waals surface area contributed by atoms with Crippen molar-refractivity contribution in [3.63, 3.8) is 0 Å². The molecule has 0 bridgehead atoms. The summed E-state index contributed by atoms with van der Waals surface area (Å²) in [5.74, 6) is 0.203. The van der Waals surface area contributed by atoms with Crippen LogP contribution in [0.4, 0.5) is 0 Å². The van der Waals surface area contributed by atoms with Crippen LogP contribution in [0, 0.1) is 0 Å². The molecule has 5 heteroatoms. The summed E-state index contributed by atoms with van der Waals surface area (Å²) >= 11 is 5.76. The van der Waals surface area contributed by atoms with E-state index in [-0.39, 0.29) is 5.91 Å². The minimum atomic E-state index is -0.285. The predicted molar refractivity (Wildman–Crippen MR) is 54.5 cm³/mol. The molecule has 14 heavy (non-hydrogen) atoms. The third kappa shape index (κ3) is 2.37. The molecule has 1 aromatic rings. The van der Waals surface area contributed by atoms with E-state index in [1.54, 1.807) is 25.2 Å². The molecule has 0 aromatic heterocycles. The Kier molecular flexibility index (Phi) is 3.73. The van der Waals surface area contributed by atoms with Crippen molar-refractivity contribution in [3.8, 4) is 5.75 Å². The molecule has 0 aliphatic heterocycles. The molecule has 0 aliphatic rings. The predicted octanol–water partition coefficient (Wildman–Crippen LogP) is 1.21. The van der Waals surface area contributed by atoms with E-state index in [0.717, 1.165) is 0 Å². The van der Waals surface area contributed by atoms with Gasteiger partial charge in [-0.25, -0.2) is 5.43 Å². The first kappa shape index (κ1) is 10.8. The molecule has 0 unspecified atom stereocenters. The highest BCUT2D eigenvalue weighted by Crippen LogP contribution is 2.22. The van der Waals surface area contributed by atoms with Crippen molar-refractivity contribution in [3.05, 3.63) is 28.8 Å². The highest BCUT2D eigenvalue weighted by atomic mass is 35.5. The lowest BCUT2D eigenvalue weighted by Gasteiger charge is -2.08. The molecule has 0 heterocycles. The van der Waals surface area contributed by atoms with Crippen LogP contribution in [0.25, 0.3) is 0 Å². The van der Waals surface area contributed by atoms with Gasteiger partial charge in [-0.1, -0.05) is 11.6 Å². The first-order valence-corrected chi connectivity index (χ1v) is 4.37. The number of carbonyl (C=O) groups is 1. The van der Waals surface area contributed by atoms with E-state index in [1.165, 1.54) is 7.11 Å². The van der Waals surface area contributed by atoms with Crippen LogP contribution >= 0.6 is 11.6 Å². The van der Waals surface area contributed by atoms with Crippen LogP contribution in [-0.4, -0.2) is 20.1 Å². The van der Waals surface area contributed by atoms with Crippen molar-refractivity contribution in [2.24, 2.45) is 0 Å². The first-order valence-electron chi connectivity index (χ1n) is 3.99. The zero-order valence-electron chi connectivity index (χ0n) is 7.93. The van der Waals surface area contributed by atoms with Crippen LogP contribution in [0.1, 0.15) is 10.4 Å². The Balaban J connectivity index is 3.03. The zero-order chi connectivity index (χ0) is 10.6. The monoisotopic (exact) mass is 214 g/mol. The molecule has 0 saturated carbocycles. The summed E-state index contributed by atoms with van der Waals surface area (Å²) in [5, 5.41) is 0.493. The Morgan fingerprint density at radius 1 is 1.50 bits per heavy atom. The van der Waals surface area contributed by atoms with E-state index in [2.05, 4.69) is 10.9 Å². The Hall–Kier alpha value is -1.26. The molecule has 0 aliphatic carbocycles. The summed E-state index contributed by atoms with van der Waals surface area (Å²) in [6.45, 7) is 0. The summed E-state index contributed by atoms with van der Waals surface area (Å²) in [6.07, 6.45) is 0. The van der Waals surface area contributed by atoms with Crippen LogP contribution in [-0.2, 0) is 0 Å². The number of ether oxygens (including phenoxy) is 1. The second-order valence-corrected chi connectivity index (χ2v) is 2.99. The van der Waals surface area contributed by atoms with Gasteiger partial charge in [0.2, 0.25) is 0 Å². The number of rotatable bonds is 3. The topological polar surface area (TPSA) is 50.4 Å². The maximum Gasteiger partial charge on any atom is 0.269 e. The average Bonchev–Trinajstić information content (AvgIpc) is 2.18. The van der Waals surface area contributed by atoms with Crippen LogP contribution in [0.3, 0.4) is 0 Å². The Bertz CT molecular complexity index is 342. The first-order chi connectivity index (χ1) is 6.69. The van der Waals surface area contributed by atoms with E-state index < -0.39 is 0 Å². The number of halogens is 1. The Morgan fingerprint density at radius 3 is 2.79 bits per heavy atom. The van der Waals surface area contributed by atoms with Gasteiger partial charge in [0, 0.05) is 12.1 Å². The molecular formula is C9H11ClN2O2. The van der Waals surface area contributed by atoms with Gasteiger partial charge in [0.15, 0.2) is 0 Å². The summed E-state index contributed by atoms with van der Waals surface area (Å²) in [6, 6.07) is 4.86. The van der Waals surface area contributed by atoms with E-state index in [4.69, 9.17) is 16.3 Å². The minimum absolute atomic E-state index is 0.285. The van der Waals surface area contributed by atoms with Gasteiger partial charge in [-0.2, -0.15) is 0 Å². The second kappa shape index (κ2) is 4.83. The molecule has 2 N–H and O–H groups in total. The van der Waals surface area contributed by atoms with Gasteiger partial charge in [-0.15, -0.1) is 0 Å². The van der Waals surface area contributed by atoms with E-state index >= 15 is 0 Å². The van der Waals surface area contributed by atoms with Gasteiger partial charge < -0.3 is 4.74 Å².